The molecule has 1 aromatic heterocycles. The van der Waals surface area contributed by atoms with Crippen LogP contribution < -0.4 is 14.8 Å². The lowest BCUT2D eigenvalue weighted by Gasteiger charge is -2.15. The average molecular weight is 422 g/mol. The number of methoxy groups -OCH3 is 1. The van der Waals surface area contributed by atoms with Crippen molar-refractivity contribution < 1.29 is 23.8 Å². The summed E-state index contributed by atoms with van der Waals surface area (Å²) in [5, 5.41) is 7.27. The van der Waals surface area contributed by atoms with E-state index in [4.69, 9.17) is 25.8 Å². The number of nitrogens with one attached hydrogen (secondary N) is 1. The van der Waals surface area contributed by atoms with Crippen molar-refractivity contribution in [1.29, 1.82) is 0 Å². The molecule has 0 saturated heterocycles. The van der Waals surface area contributed by atoms with E-state index in [1.54, 1.807) is 12.3 Å². The van der Waals surface area contributed by atoms with Gasteiger partial charge in [-0.25, -0.2) is 9.48 Å². The summed E-state index contributed by atoms with van der Waals surface area (Å²) in [5.41, 5.74) is 0.166. The van der Waals surface area contributed by atoms with Crippen molar-refractivity contribution in [1.82, 2.24) is 9.78 Å². The van der Waals surface area contributed by atoms with Crippen molar-refractivity contribution in [3.8, 4) is 11.5 Å². The molecule has 1 aliphatic rings. The Labute approximate surface area is 174 Å². The van der Waals surface area contributed by atoms with E-state index in [1.807, 2.05) is 11.6 Å². The average Bonchev–Trinajstić information content (AvgIpc) is 3.39. The Morgan fingerprint density at radius 2 is 2.07 bits per heavy atom. The van der Waals surface area contributed by atoms with Crippen LogP contribution in [-0.2, 0) is 9.53 Å². The van der Waals surface area contributed by atoms with Gasteiger partial charge in [-0.1, -0.05) is 24.4 Å². The molecule has 29 heavy (non-hydrogen) atoms. The highest BCUT2D eigenvalue weighted by Gasteiger charge is 2.21. The van der Waals surface area contributed by atoms with Crippen LogP contribution in [0.2, 0.25) is 5.02 Å². The fourth-order valence-electron chi connectivity index (χ4n) is 3.37. The quantitative estimate of drug-likeness (QED) is 0.651. The smallest absolute Gasteiger partial charge is 0.338 e. The molecule has 0 aliphatic heterocycles. The molecule has 1 heterocycles. The van der Waals surface area contributed by atoms with Gasteiger partial charge in [0.05, 0.1) is 36.5 Å². The molecule has 0 spiro atoms. The Morgan fingerprint density at radius 3 is 2.76 bits per heavy atom. The van der Waals surface area contributed by atoms with Gasteiger partial charge in [-0.3, -0.25) is 4.79 Å². The third-order valence-corrected chi connectivity index (χ3v) is 4.98. The van der Waals surface area contributed by atoms with Crippen molar-refractivity contribution in [3.63, 3.8) is 0 Å². The van der Waals surface area contributed by atoms with Gasteiger partial charge in [0.1, 0.15) is 5.82 Å². The van der Waals surface area contributed by atoms with Crippen LogP contribution in [0.15, 0.2) is 24.4 Å². The molecule has 1 amide bonds. The highest BCUT2D eigenvalue weighted by Crippen LogP contribution is 2.36. The van der Waals surface area contributed by atoms with Crippen molar-refractivity contribution in [2.24, 2.45) is 0 Å². The summed E-state index contributed by atoms with van der Waals surface area (Å²) in [6.45, 7) is 1.79. The SMILES string of the molecule is CCOc1c(Cl)cc(C(=O)OCC(=O)Nc2ccnn2C2CCCC2)cc1OC. The van der Waals surface area contributed by atoms with E-state index in [1.165, 1.54) is 19.2 Å². The zero-order valence-electron chi connectivity index (χ0n) is 16.4. The Hall–Kier alpha value is -2.74. The number of rotatable bonds is 8. The molecule has 1 aliphatic carbocycles. The van der Waals surface area contributed by atoms with Crippen LogP contribution in [0, 0.1) is 0 Å². The van der Waals surface area contributed by atoms with Gasteiger partial charge in [0.15, 0.2) is 18.1 Å². The van der Waals surface area contributed by atoms with E-state index >= 15 is 0 Å². The molecule has 3 rings (SSSR count). The third-order valence-electron chi connectivity index (χ3n) is 4.70. The molecule has 1 aromatic carbocycles. The fraction of sp³-hybridized carbons (Fsp3) is 0.450. The monoisotopic (exact) mass is 421 g/mol. The number of aromatic nitrogens is 2. The summed E-state index contributed by atoms with van der Waals surface area (Å²) in [7, 11) is 1.45. The zero-order valence-corrected chi connectivity index (χ0v) is 17.2. The molecule has 0 atom stereocenters. The van der Waals surface area contributed by atoms with Crippen LogP contribution in [0.5, 0.6) is 11.5 Å². The molecule has 1 saturated carbocycles. The van der Waals surface area contributed by atoms with E-state index in [9.17, 15) is 9.59 Å². The molecule has 8 nitrogen and oxygen atoms in total. The van der Waals surface area contributed by atoms with E-state index in [0.717, 1.165) is 25.7 Å². The summed E-state index contributed by atoms with van der Waals surface area (Å²) in [5.74, 6) is 0.140. The highest BCUT2D eigenvalue weighted by molar-refractivity contribution is 6.32. The number of amides is 1. The summed E-state index contributed by atoms with van der Waals surface area (Å²) < 4.78 is 17.6. The summed E-state index contributed by atoms with van der Waals surface area (Å²) in [6, 6.07) is 4.91. The number of carbonyl (C=O) groups is 2. The molecule has 2 aromatic rings. The van der Waals surface area contributed by atoms with E-state index in [-0.39, 0.29) is 10.6 Å². The van der Waals surface area contributed by atoms with Gasteiger partial charge in [0, 0.05) is 6.07 Å². The van der Waals surface area contributed by atoms with Crippen LogP contribution in [0.25, 0.3) is 0 Å². The second kappa shape index (κ2) is 9.65. The Morgan fingerprint density at radius 1 is 1.31 bits per heavy atom. The number of benzene rings is 1. The topological polar surface area (TPSA) is 91.7 Å². The first-order chi connectivity index (χ1) is 14.0. The lowest BCUT2D eigenvalue weighted by Crippen LogP contribution is -2.23. The second-order valence-corrected chi connectivity index (χ2v) is 7.05. The van der Waals surface area contributed by atoms with Gasteiger partial charge in [0.25, 0.3) is 5.91 Å². The number of hydrogen-bond acceptors (Lipinski definition) is 6. The predicted octanol–water partition coefficient (Wildman–Crippen LogP) is 3.85. The Balaban J connectivity index is 1.60. The first-order valence-electron chi connectivity index (χ1n) is 9.54. The molecule has 9 heteroatoms. The molecule has 1 fully saturated rings. The van der Waals surface area contributed by atoms with E-state index < -0.39 is 18.5 Å². The molecular formula is C20H24ClN3O5. The Kier molecular flexibility index (Phi) is 6.98. The van der Waals surface area contributed by atoms with Crippen molar-refractivity contribution in [2.45, 2.75) is 38.6 Å². The molecule has 1 N–H and O–H groups in total. The maximum Gasteiger partial charge on any atom is 0.338 e. The lowest BCUT2D eigenvalue weighted by atomic mass is 10.2. The molecule has 0 bridgehead atoms. The van der Waals surface area contributed by atoms with Crippen LogP contribution in [-0.4, -0.2) is 42.0 Å². The number of nitrogens with zero attached hydrogens (tertiary/aromatic N) is 2. The van der Waals surface area contributed by atoms with E-state index in [2.05, 4.69) is 10.4 Å². The normalized spacial score (nSPS) is 13.9. The fourth-order valence-corrected chi connectivity index (χ4v) is 3.63. The minimum absolute atomic E-state index is 0.166. The Bertz CT molecular complexity index is 877. The van der Waals surface area contributed by atoms with Crippen molar-refractivity contribution >= 4 is 29.3 Å². The standard InChI is InChI=1S/C20H24ClN3O5/c1-3-28-19-15(21)10-13(11-16(19)27-2)20(26)29-12-18(25)23-17-8-9-22-24(17)14-6-4-5-7-14/h8-11,14H,3-7,12H2,1-2H3,(H,23,25). The van der Waals surface area contributed by atoms with E-state index in [0.29, 0.717) is 30.0 Å². The highest BCUT2D eigenvalue weighted by atomic mass is 35.5. The van der Waals surface area contributed by atoms with Gasteiger partial charge >= 0.3 is 5.97 Å². The maximum absolute atomic E-state index is 12.3. The van der Waals surface area contributed by atoms with Gasteiger partial charge in [-0.15, -0.1) is 0 Å². The van der Waals surface area contributed by atoms with Gasteiger partial charge in [0.2, 0.25) is 0 Å². The summed E-state index contributed by atoms with van der Waals surface area (Å²) in [4.78, 5) is 24.6. The minimum atomic E-state index is -0.687. The van der Waals surface area contributed by atoms with Crippen molar-refractivity contribution in [3.05, 3.63) is 35.0 Å². The predicted molar refractivity (Wildman–Crippen MR) is 108 cm³/mol. The molecular weight excluding hydrogens is 398 g/mol. The third kappa shape index (κ3) is 5.00. The van der Waals surface area contributed by atoms with Crippen LogP contribution in [0.1, 0.15) is 49.0 Å². The van der Waals surface area contributed by atoms with Crippen LogP contribution in [0.4, 0.5) is 5.82 Å². The summed E-state index contributed by atoms with van der Waals surface area (Å²) in [6.07, 6.45) is 6.04. The molecule has 0 unspecified atom stereocenters. The summed E-state index contributed by atoms with van der Waals surface area (Å²) >= 11 is 6.17. The van der Waals surface area contributed by atoms with Gasteiger partial charge in [-0.2, -0.15) is 5.10 Å². The number of halogens is 1. The maximum atomic E-state index is 12.3. The number of ether oxygens (including phenoxy) is 3. The van der Waals surface area contributed by atoms with Crippen molar-refractivity contribution in [2.75, 3.05) is 25.6 Å². The zero-order chi connectivity index (χ0) is 20.8. The lowest BCUT2D eigenvalue weighted by molar-refractivity contribution is -0.119. The number of hydrogen-bond donors (Lipinski definition) is 1. The van der Waals surface area contributed by atoms with Crippen LogP contribution in [0.3, 0.4) is 0 Å². The first kappa shape index (κ1) is 21.0. The number of carbonyl (C=O) groups excluding carboxylic acids is 2. The minimum Gasteiger partial charge on any atom is -0.493 e. The van der Waals surface area contributed by atoms with Gasteiger partial charge < -0.3 is 19.5 Å². The second-order valence-electron chi connectivity index (χ2n) is 6.65. The molecule has 0 radical (unpaired) electrons. The molecule has 156 valence electrons. The number of anilines is 1. The number of esters is 1. The largest absolute Gasteiger partial charge is 0.493 e. The van der Waals surface area contributed by atoms with Gasteiger partial charge in [-0.05, 0) is 31.9 Å². The first-order valence-corrected chi connectivity index (χ1v) is 9.92. The van der Waals surface area contributed by atoms with Crippen LogP contribution >= 0.6 is 11.6 Å².